The van der Waals surface area contributed by atoms with E-state index in [0.29, 0.717) is 0 Å². The third-order valence-corrected chi connectivity index (χ3v) is 4.71. The highest BCUT2D eigenvalue weighted by atomic mass is 14.7. The fourth-order valence-corrected chi connectivity index (χ4v) is 3.21. The van der Waals surface area contributed by atoms with E-state index in [1.165, 1.54) is 108 Å². The Morgan fingerprint density at radius 2 is 1.09 bits per heavy atom. The zero-order chi connectivity index (χ0) is 15.7. The minimum Gasteiger partial charge on any atom is -0.365 e. The number of unbranched alkanes of at least 4 members (excludes halogenated alkanes) is 14. The van der Waals surface area contributed by atoms with Crippen molar-refractivity contribution in [3.8, 4) is 0 Å². The number of aromatic amines is 1. The molecule has 1 rings (SSSR count). The van der Waals surface area contributed by atoms with Crippen molar-refractivity contribution in [3.05, 3.63) is 24.0 Å². The first kappa shape index (κ1) is 19.3. The summed E-state index contributed by atoms with van der Waals surface area (Å²) in [6.07, 6.45) is 24.9. The molecule has 0 aliphatic rings. The molecule has 0 bridgehead atoms. The number of H-pyrrole nitrogens is 1. The predicted molar refractivity (Wildman–Crippen MR) is 99.4 cm³/mol. The first-order valence-electron chi connectivity index (χ1n) is 10.1. The van der Waals surface area contributed by atoms with Crippen LogP contribution in [0, 0.1) is 0 Å². The van der Waals surface area contributed by atoms with Crippen LogP contribution in [0.25, 0.3) is 0 Å². The van der Waals surface area contributed by atoms with Crippen LogP contribution in [-0.4, -0.2) is 4.98 Å². The molecule has 22 heavy (non-hydrogen) atoms. The van der Waals surface area contributed by atoms with Crippen molar-refractivity contribution < 1.29 is 0 Å². The van der Waals surface area contributed by atoms with Crippen LogP contribution < -0.4 is 0 Å². The number of aromatic nitrogens is 1. The average molecular weight is 306 g/mol. The quantitative estimate of drug-likeness (QED) is 0.306. The summed E-state index contributed by atoms with van der Waals surface area (Å²) < 4.78 is 0. The number of rotatable bonds is 16. The highest BCUT2D eigenvalue weighted by molar-refractivity contribution is 5.03. The molecule has 0 spiro atoms. The summed E-state index contributed by atoms with van der Waals surface area (Å²) >= 11 is 0. The molecular formula is C21H39N. The maximum Gasteiger partial charge on any atom is 0.0147 e. The summed E-state index contributed by atoms with van der Waals surface area (Å²) in [7, 11) is 0. The third kappa shape index (κ3) is 11.9. The Hall–Kier alpha value is -0.720. The molecular weight excluding hydrogens is 266 g/mol. The van der Waals surface area contributed by atoms with Gasteiger partial charge in [-0.1, -0.05) is 96.8 Å². The molecule has 1 aromatic heterocycles. The number of hydrogen-bond acceptors (Lipinski definition) is 0. The predicted octanol–water partition coefficient (Wildman–Crippen LogP) is 7.43. The maximum atomic E-state index is 3.29. The van der Waals surface area contributed by atoms with E-state index in [1.807, 2.05) is 6.20 Å². The van der Waals surface area contributed by atoms with Crippen LogP contribution in [0.4, 0.5) is 0 Å². The lowest BCUT2D eigenvalue weighted by molar-refractivity contribution is 0.532. The van der Waals surface area contributed by atoms with Crippen LogP contribution >= 0.6 is 0 Å². The van der Waals surface area contributed by atoms with Gasteiger partial charge in [0, 0.05) is 11.9 Å². The molecule has 0 unspecified atom stereocenters. The Morgan fingerprint density at radius 3 is 1.50 bits per heavy atom. The number of hydrogen-bond donors (Lipinski definition) is 1. The van der Waals surface area contributed by atoms with Gasteiger partial charge in [-0.25, -0.2) is 0 Å². The average Bonchev–Trinajstić information content (AvgIpc) is 3.04. The SMILES string of the molecule is CCCCCCCCCCCCCCCCCc1ccc[nH]1. The standard InChI is InChI=1S/C21H39N/c1-2-3-4-5-6-7-8-9-10-11-12-13-14-15-16-18-21-19-17-20-22-21/h17,19-20,22H,2-16,18H2,1H3. The first-order valence-corrected chi connectivity index (χ1v) is 10.1. The van der Waals surface area contributed by atoms with Gasteiger partial charge < -0.3 is 4.98 Å². The Bertz CT molecular complexity index is 302. The van der Waals surface area contributed by atoms with Crippen molar-refractivity contribution in [2.75, 3.05) is 0 Å². The van der Waals surface area contributed by atoms with E-state index in [9.17, 15) is 0 Å². The van der Waals surface area contributed by atoms with Crippen molar-refractivity contribution in [2.45, 2.75) is 110 Å². The monoisotopic (exact) mass is 305 g/mol. The van der Waals surface area contributed by atoms with E-state index in [2.05, 4.69) is 24.0 Å². The van der Waals surface area contributed by atoms with E-state index in [1.54, 1.807) is 0 Å². The summed E-state index contributed by atoms with van der Waals surface area (Å²) in [5.41, 5.74) is 1.40. The van der Waals surface area contributed by atoms with Crippen LogP contribution in [0.15, 0.2) is 18.3 Å². The molecule has 0 aromatic carbocycles. The second kappa shape index (κ2) is 15.2. The lowest BCUT2D eigenvalue weighted by Gasteiger charge is -2.03. The third-order valence-electron chi connectivity index (χ3n) is 4.71. The van der Waals surface area contributed by atoms with Crippen molar-refractivity contribution in [2.24, 2.45) is 0 Å². The summed E-state index contributed by atoms with van der Waals surface area (Å²) in [4.78, 5) is 3.29. The molecule has 1 heteroatoms. The van der Waals surface area contributed by atoms with Gasteiger partial charge in [0.15, 0.2) is 0 Å². The Labute approximate surface area is 139 Å². The molecule has 1 nitrogen and oxygen atoms in total. The zero-order valence-electron chi connectivity index (χ0n) is 15.0. The van der Waals surface area contributed by atoms with Crippen LogP contribution in [0.3, 0.4) is 0 Å². The molecule has 1 heterocycles. The largest absolute Gasteiger partial charge is 0.365 e. The molecule has 0 fully saturated rings. The van der Waals surface area contributed by atoms with Crippen molar-refractivity contribution >= 4 is 0 Å². The van der Waals surface area contributed by atoms with Crippen LogP contribution in [0.2, 0.25) is 0 Å². The second-order valence-corrected chi connectivity index (χ2v) is 6.90. The van der Waals surface area contributed by atoms with Crippen molar-refractivity contribution in [1.82, 2.24) is 4.98 Å². The molecule has 0 aliphatic carbocycles. The summed E-state index contributed by atoms with van der Waals surface area (Å²) in [5, 5.41) is 0. The smallest absolute Gasteiger partial charge is 0.0147 e. The van der Waals surface area contributed by atoms with Gasteiger partial charge >= 0.3 is 0 Å². The van der Waals surface area contributed by atoms with Gasteiger partial charge in [0.2, 0.25) is 0 Å². The first-order chi connectivity index (χ1) is 10.9. The van der Waals surface area contributed by atoms with Crippen LogP contribution in [0.5, 0.6) is 0 Å². The Balaban J connectivity index is 1.68. The normalized spacial score (nSPS) is 11.1. The molecule has 0 atom stereocenters. The topological polar surface area (TPSA) is 15.8 Å². The molecule has 1 aromatic rings. The van der Waals surface area contributed by atoms with E-state index in [4.69, 9.17) is 0 Å². The van der Waals surface area contributed by atoms with Gasteiger partial charge in [0.1, 0.15) is 0 Å². The van der Waals surface area contributed by atoms with E-state index >= 15 is 0 Å². The summed E-state index contributed by atoms with van der Waals surface area (Å²) in [6, 6.07) is 4.30. The molecule has 0 radical (unpaired) electrons. The van der Waals surface area contributed by atoms with Gasteiger partial charge in [-0.15, -0.1) is 0 Å². The molecule has 0 saturated heterocycles. The number of nitrogens with one attached hydrogen (secondary N) is 1. The van der Waals surface area contributed by atoms with Crippen molar-refractivity contribution in [3.63, 3.8) is 0 Å². The molecule has 1 N–H and O–H groups in total. The fourth-order valence-electron chi connectivity index (χ4n) is 3.21. The summed E-state index contributed by atoms with van der Waals surface area (Å²) in [6.45, 7) is 2.29. The Kier molecular flexibility index (Phi) is 13.3. The van der Waals surface area contributed by atoms with E-state index < -0.39 is 0 Å². The van der Waals surface area contributed by atoms with Gasteiger partial charge in [-0.2, -0.15) is 0 Å². The molecule has 0 aliphatic heterocycles. The minimum absolute atomic E-state index is 1.23. The van der Waals surface area contributed by atoms with E-state index in [0.717, 1.165) is 0 Å². The fraction of sp³-hybridized carbons (Fsp3) is 0.810. The second-order valence-electron chi connectivity index (χ2n) is 6.90. The maximum absolute atomic E-state index is 3.29. The van der Waals surface area contributed by atoms with Gasteiger partial charge in [-0.3, -0.25) is 0 Å². The minimum atomic E-state index is 1.23. The summed E-state index contributed by atoms with van der Waals surface area (Å²) in [5.74, 6) is 0. The van der Waals surface area contributed by atoms with Crippen LogP contribution in [0.1, 0.15) is 109 Å². The van der Waals surface area contributed by atoms with Gasteiger partial charge in [0.05, 0.1) is 0 Å². The van der Waals surface area contributed by atoms with E-state index in [-0.39, 0.29) is 0 Å². The molecule has 128 valence electrons. The molecule has 0 saturated carbocycles. The van der Waals surface area contributed by atoms with Crippen molar-refractivity contribution in [1.29, 1.82) is 0 Å². The number of aryl methyl sites for hydroxylation is 1. The highest BCUT2D eigenvalue weighted by Gasteiger charge is 1.95. The molecule has 0 amide bonds. The van der Waals surface area contributed by atoms with Gasteiger partial charge in [0.25, 0.3) is 0 Å². The highest BCUT2D eigenvalue weighted by Crippen LogP contribution is 2.13. The lowest BCUT2D eigenvalue weighted by Crippen LogP contribution is -1.86. The Morgan fingerprint density at radius 1 is 0.636 bits per heavy atom. The lowest BCUT2D eigenvalue weighted by atomic mass is 10.0. The zero-order valence-corrected chi connectivity index (χ0v) is 15.0. The van der Waals surface area contributed by atoms with Gasteiger partial charge in [-0.05, 0) is 25.0 Å². The van der Waals surface area contributed by atoms with Crippen LogP contribution in [-0.2, 0) is 6.42 Å².